The summed E-state index contributed by atoms with van der Waals surface area (Å²) in [6, 6.07) is 6.84. The maximum absolute atomic E-state index is 14.7. The molecule has 0 fully saturated rings. The number of nitrogens with zero attached hydrogens (tertiary/aromatic N) is 6. The number of hydrogen-bond acceptors (Lipinski definition) is 5. The fourth-order valence-electron chi connectivity index (χ4n) is 3.41. The van der Waals surface area contributed by atoms with E-state index in [1.807, 2.05) is 0 Å². The lowest BCUT2D eigenvalue weighted by Gasteiger charge is -2.34. The molecule has 0 aliphatic carbocycles. The molecular formula is C20H17F3N6O2. The Kier molecular flexibility index (Phi) is 5.19. The van der Waals surface area contributed by atoms with Gasteiger partial charge in [-0.05, 0) is 37.3 Å². The van der Waals surface area contributed by atoms with Crippen LogP contribution in [0.15, 0.2) is 66.2 Å². The first-order valence-electron chi connectivity index (χ1n) is 9.22. The second kappa shape index (κ2) is 7.84. The Hall–Kier alpha value is -3.73. The van der Waals surface area contributed by atoms with Crippen LogP contribution in [0.25, 0.3) is 5.69 Å². The second-order valence-corrected chi connectivity index (χ2v) is 7.02. The van der Waals surface area contributed by atoms with E-state index in [4.69, 9.17) is 0 Å². The Labute approximate surface area is 173 Å². The van der Waals surface area contributed by atoms with Gasteiger partial charge in [0.25, 0.3) is 0 Å². The Balaban J connectivity index is 1.80. The van der Waals surface area contributed by atoms with Gasteiger partial charge in [0.05, 0.1) is 18.3 Å². The molecule has 0 aliphatic rings. The number of rotatable bonds is 6. The van der Waals surface area contributed by atoms with Crippen LogP contribution in [0.3, 0.4) is 0 Å². The van der Waals surface area contributed by atoms with Gasteiger partial charge in [-0.2, -0.15) is 10.2 Å². The molecule has 0 radical (unpaired) electrons. The fraction of sp³-hybridized carbons (Fsp3) is 0.200. The zero-order chi connectivity index (χ0) is 22.2. The number of benzene rings is 2. The van der Waals surface area contributed by atoms with Crippen LogP contribution in [-0.2, 0) is 12.1 Å². The highest BCUT2D eigenvalue weighted by Gasteiger charge is 2.41. The normalized spacial score (nSPS) is 14.4. The molecule has 1 N–H and O–H groups in total. The molecule has 2 atom stereocenters. The predicted octanol–water partition coefficient (Wildman–Crippen LogP) is 2.19. The zero-order valence-electron chi connectivity index (χ0n) is 16.2. The maximum Gasteiger partial charge on any atom is 0.350 e. The van der Waals surface area contributed by atoms with Gasteiger partial charge >= 0.3 is 5.69 Å². The Morgan fingerprint density at radius 2 is 1.74 bits per heavy atom. The van der Waals surface area contributed by atoms with E-state index in [0.717, 1.165) is 21.4 Å². The molecule has 4 rings (SSSR count). The Bertz CT molecular complexity index is 1250. The minimum absolute atomic E-state index is 0.236. The summed E-state index contributed by atoms with van der Waals surface area (Å²) in [5, 5.41) is 19.6. The lowest BCUT2D eigenvalue weighted by molar-refractivity contribution is -0.0381. The molecular weight excluding hydrogens is 413 g/mol. The smallest absolute Gasteiger partial charge is 0.350 e. The quantitative estimate of drug-likeness (QED) is 0.507. The maximum atomic E-state index is 14.7. The molecule has 0 aliphatic heterocycles. The van der Waals surface area contributed by atoms with E-state index in [9.17, 15) is 23.1 Å². The number of aliphatic hydroxyl groups is 1. The van der Waals surface area contributed by atoms with Crippen LogP contribution in [-0.4, -0.2) is 34.2 Å². The predicted molar refractivity (Wildman–Crippen MR) is 103 cm³/mol. The fourth-order valence-corrected chi connectivity index (χ4v) is 3.41. The average molecular weight is 430 g/mol. The van der Waals surface area contributed by atoms with E-state index in [-0.39, 0.29) is 12.1 Å². The molecule has 160 valence electrons. The Morgan fingerprint density at radius 1 is 1.03 bits per heavy atom. The van der Waals surface area contributed by atoms with Crippen molar-refractivity contribution in [2.75, 3.05) is 0 Å². The minimum Gasteiger partial charge on any atom is -0.381 e. The van der Waals surface area contributed by atoms with Gasteiger partial charge in [-0.3, -0.25) is 0 Å². The van der Waals surface area contributed by atoms with Crippen molar-refractivity contribution in [3.63, 3.8) is 0 Å². The summed E-state index contributed by atoms with van der Waals surface area (Å²) in [5.41, 5.74) is -2.56. The molecule has 0 bridgehead atoms. The van der Waals surface area contributed by atoms with Gasteiger partial charge in [0, 0.05) is 11.6 Å². The summed E-state index contributed by atoms with van der Waals surface area (Å²) >= 11 is 0. The van der Waals surface area contributed by atoms with Crippen molar-refractivity contribution in [3.8, 4) is 5.69 Å². The highest BCUT2D eigenvalue weighted by atomic mass is 19.1. The van der Waals surface area contributed by atoms with Crippen LogP contribution in [0.4, 0.5) is 13.2 Å². The number of aromatic nitrogens is 6. The van der Waals surface area contributed by atoms with Gasteiger partial charge in [-0.15, -0.1) is 0 Å². The van der Waals surface area contributed by atoms with E-state index in [0.29, 0.717) is 11.8 Å². The molecule has 8 nitrogen and oxygen atoms in total. The van der Waals surface area contributed by atoms with Crippen molar-refractivity contribution in [1.82, 2.24) is 29.1 Å². The molecule has 0 saturated carbocycles. The summed E-state index contributed by atoms with van der Waals surface area (Å²) in [6.45, 7) is 1.19. The van der Waals surface area contributed by atoms with E-state index in [2.05, 4.69) is 15.2 Å². The molecule has 4 aromatic rings. The van der Waals surface area contributed by atoms with Crippen molar-refractivity contribution in [2.24, 2.45) is 0 Å². The third-order valence-corrected chi connectivity index (χ3v) is 5.12. The largest absolute Gasteiger partial charge is 0.381 e. The molecule has 0 amide bonds. The topological polar surface area (TPSA) is 90.8 Å². The van der Waals surface area contributed by atoms with Crippen LogP contribution in [0.5, 0.6) is 0 Å². The van der Waals surface area contributed by atoms with Gasteiger partial charge in [0.2, 0.25) is 0 Å². The van der Waals surface area contributed by atoms with Crippen molar-refractivity contribution < 1.29 is 18.3 Å². The monoisotopic (exact) mass is 430 g/mol. The first-order chi connectivity index (χ1) is 14.8. The van der Waals surface area contributed by atoms with Crippen LogP contribution < -0.4 is 5.69 Å². The molecule has 31 heavy (non-hydrogen) atoms. The van der Waals surface area contributed by atoms with Crippen LogP contribution >= 0.6 is 0 Å². The average Bonchev–Trinajstić information content (AvgIpc) is 3.37. The molecule has 2 aromatic carbocycles. The lowest BCUT2D eigenvalue weighted by Crippen LogP contribution is -2.44. The highest BCUT2D eigenvalue weighted by molar-refractivity contribution is 5.31. The van der Waals surface area contributed by atoms with E-state index < -0.39 is 34.8 Å². The standard InChI is InChI=1S/C20H17F3N6O2/c1-13(29-19(30)28(12-26-29)16-5-2-14(21)3-6-16)20(31,9-27-11-24-10-25-27)17-7-4-15(22)8-18(17)23/h2-8,10-13,31H,9H2,1H3/t13-,20-/m1/s1. The highest BCUT2D eigenvalue weighted by Crippen LogP contribution is 2.35. The Morgan fingerprint density at radius 3 is 2.39 bits per heavy atom. The number of halogens is 3. The summed E-state index contributed by atoms with van der Waals surface area (Å²) in [4.78, 5) is 16.8. The molecule has 0 spiro atoms. The SMILES string of the molecule is C[C@@H](n1ncn(-c2ccc(F)cc2)c1=O)[C@](O)(Cn1cncn1)c1ccc(F)cc1F. The third kappa shape index (κ3) is 3.75. The first kappa shape index (κ1) is 20.5. The second-order valence-electron chi connectivity index (χ2n) is 7.02. The summed E-state index contributed by atoms with van der Waals surface area (Å²) in [6.07, 6.45) is 3.77. The van der Waals surface area contributed by atoms with Crippen LogP contribution in [0.2, 0.25) is 0 Å². The molecule has 2 heterocycles. The minimum atomic E-state index is -2.04. The van der Waals surface area contributed by atoms with Gasteiger partial charge in [-0.25, -0.2) is 36.9 Å². The molecule has 2 aromatic heterocycles. The van der Waals surface area contributed by atoms with Gasteiger partial charge in [0.15, 0.2) is 0 Å². The van der Waals surface area contributed by atoms with Crippen molar-refractivity contribution in [1.29, 1.82) is 0 Å². The van der Waals surface area contributed by atoms with Crippen LogP contribution in [0, 0.1) is 17.5 Å². The van der Waals surface area contributed by atoms with Crippen molar-refractivity contribution in [2.45, 2.75) is 25.1 Å². The summed E-state index contributed by atoms with van der Waals surface area (Å²) in [5.74, 6) is -2.26. The molecule has 0 unspecified atom stereocenters. The van der Waals surface area contributed by atoms with E-state index in [1.165, 1.54) is 54.9 Å². The number of hydrogen-bond donors (Lipinski definition) is 1. The van der Waals surface area contributed by atoms with E-state index >= 15 is 0 Å². The van der Waals surface area contributed by atoms with E-state index in [1.54, 1.807) is 0 Å². The zero-order valence-corrected chi connectivity index (χ0v) is 16.2. The summed E-state index contributed by atoms with van der Waals surface area (Å²) in [7, 11) is 0. The first-order valence-corrected chi connectivity index (χ1v) is 9.22. The van der Waals surface area contributed by atoms with Gasteiger partial charge in [-0.1, -0.05) is 6.07 Å². The van der Waals surface area contributed by atoms with Crippen molar-refractivity contribution >= 4 is 0 Å². The van der Waals surface area contributed by atoms with Gasteiger partial charge in [0.1, 0.15) is 42.0 Å². The molecule has 11 heteroatoms. The summed E-state index contributed by atoms with van der Waals surface area (Å²) < 4.78 is 44.7. The van der Waals surface area contributed by atoms with Crippen LogP contribution in [0.1, 0.15) is 18.5 Å². The van der Waals surface area contributed by atoms with Gasteiger partial charge < -0.3 is 5.11 Å². The van der Waals surface area contributed by atoms with Crippen molar-refractivity contribution in [3.05, 3.63) is 94.9 Å². The lowest BCUT2D eigenvalue weighted by atomic mass is 9.86. The molecule has 0 saturated heterocycles. The third-order valence-electron chi connectivity index (χ3n) is 5.12.